The van der Waals surface area contributed by atoms with Crippen LogP contribution in [-0.2, 0) is 6.54 Å². The molecule has 0 aliphatic carbocycles. The number of benzene rings is 3. The third-order valence-corrected chi connectivity index (χ3v) is 5.33. The summed E-state index contributed by atoms with van der Waals surface area (Å²) in [6, 6.07) is 26.5. The van der Waals surface area contributed by atoms with Gasteiger partial charge in [0.2, 0.25) is 0 Å². The standard InChI is InChI=1S/C24H18N6/c1-2-8-18(9-3-1)30-15-17(27-28-30)14-29-16-20(19-10-4-7-13-23(19)29)24-25-21-11-5-6-12-22(21)26-24/h1-13,15-16H,14H2,(H,25,26). The van der Waals surface area contributed by atoms with Gasteiger partial charge in [0.25, 0.3) is 0 Å². The van der Waals surface area contributed by atoms with Crippen molar-refractivity contribution in [2.45, 2.75) is 6.54 Å². The van der Waals surface area contributed by atoms with Crippen LogP contribution in [0.1, 0.15) is 5.69 Å². The minimum atomic E-state index is 0.633. The van der Waals surface area contributed by atoms with Crippen molar-refractivity contribution in [2.75, 3.05) is 0 Å². The normalized spacial score (nSPS) is 11.5. The van der Waals surface area contributed by atoms with Gasteiger partial charge in [0.1, 0.15) is 11.5 Å². The van der Waals surface area contributed by atoms with E-state index in [-0.39, 0.29) is 0 Å². The fraction of sp³-hybridized carbons (Fsp3) is 0.0417. The predicted octanol–water partition coefficient (Wildman–Crippen LogP) is 4.81. The van der Waals surface area contributed by atoms with Crippen LogP contribution >= 0.6 is 0 Å². The number of hydrogen-bond donors (Lipinski definition) is 1. The van der Waals surface area contributed by atoms with Crippen molar-refractivity contribution in [3.05, 3.63) is 97.0 Å². The Balaban J connectivity index is 1.41. The molecule has 0 amide bonds. The molecule has 0 fully saturated rings. The summed E-state index contributed by atoms with van der Waals surface area (Å²) in [7, 11) is 0. The quantitative estimate of drug-likeness (QED) is 0.470. The second-order valence-electron chi connectivity index (χ2n) is 7.28. The lowest BCUT2D eigenvalue weighted by Gasteiger charge is -2.01. The van der Waals surface area contributed by atoms with Gasteiger partial charge < -0.3 is 9.55 Å². The fourth-order valence-corrected chi connectivity index (χ4v) is 3.90. The Kier molecular flexibility index (Phi) is 3.74. The van der Waals surface area contributed by atoms with Gasteiger partial charge in [-0.25, -0.2) is 9.67 Å². The van der Waals surface area contributed by atoms with Crippen LogP contribution in [0.25, 0.3) is 39.0 Å². The van der Waals surface area contributed by atoms with E-state index in [0.29, 0.717) is 6.54 Å². The van der Waals surface area contributed by atoms with Crippen molar-refractivity contribution in [1.29, 1.82) is 0 Å². The van der Waals surface area contributed by atoms with E-state index in [1.54, 1.807) is 4.68 Å². The first-order chi connectivity index (χ1) is 14.8. The van der Waals surface area contributed by atoms with Crippen molar-refractivity contribution in [3.8, 4) is 17.1 Å². The zero-order chi connectivity index (χ0) is 19.9. The molecule has 0 aliphatic heterocycles. The zero-order valence-corrected chi connectivity index (χ0v) is 16.1. The lowest BCUT2D eigenvalue weighted by atomic mass is 10.2. The third kappa shape index (κ3) is 2.78. The van der Waals surface area contributed by atoms with E-state index in [2.05, 4.69) is 50.3 Å². The van der Waals surface area contributed by atoms with Crippen LogP contribution in [0.5, 0.6) is 0 Å². The summed E-state index contributed by atoms with van der Waals surface area (Å²) >= 11 is 0. The van der Waals surface area contributed by atoms with E-state index in [1.165, 1.54) is 0 Å². The smallest absolute Gasteiger partial charge is 0.140 e. The average Bonchev–Trinajstić information content (AvgIpc) is 3.52. The van der Waals surface area contributed by atoms with E-state index in [4.69, 9.17) is 4.98 Å². The van der Waals surface area contributed by atoms with Gasteiger partial charge in [-0.15, -0.1) is 5.10 Å². The van der Waals surface area contributed by atoms with E-state index in [0.717, 1.165) is 44.7 Å². The number of para-hydroxylation sites is 4. The molecule has 144 valence electrons. The summed E-state index contributed by atoms with van der Waals surface area (Å²) in [6.07, 6.45) is 4.12. The van der Waals surface area contributed by atoms with Crippen molar-refractivity contribution in [3.63, 3.8) is 0 Å². The molecule has 0 spiro atoms. The van der Waals surface area contributed by atoms with E-state index < -0.39 is 0 Å². The number of H-pyrrole nitrogens is 1. The molecule has 1 N–H and O–H groups in total. The van der Waals surface area contributed by atoms with Gasteiger partial charge in [-0.1, -0.05) is 53.7 Å². The number of nitrogens with one attached hydrogen (secondary N) is 1. The molecule has 6 nitrogen and oxygen atoms in total. The maximum atomic E-state index is 4.80. The van der Waals surface area contributed by atoms with Crippen LogP contribution in [0.2, 0.25) is 0 Å². The molecule has 0 unspecified atom stereocenters. The molecule has 30 heavy (non-hydrogen) atoms. The highest BCUT2D eigenvalue weighted by Crippen LogP contribution is 2.30. The first-order valence-corrected chi connectivity index (χ1v) is 9.85. The van der Waals surface area contributed by atoms with Gasteiger partial charge in [-0.3, -0.25) is 0 Å². The number of hydrogen-bond acceptors (Lipinski definition) is 3. The Morgan fingerprint density at radius 3 is 2.50 bits per heavy atom. The molecular weight excluding hydrogens is 372 g/mol. The lowest BCUT2D eigenvalue weighted by Crippen LogP contribution is -1.98. The van der Waals surface area contributed by atoms with Gasteiger partial charge in [0, 0.05) is 22.7 Å². The SMILES string of the molecule is c1ccc(-n2cc(Cn3cc(-c4nc5ccccc5[nH]4)c4ccccc43)nn2)cc1. The summed E-state index contributed by atoms with van der Waals surface area (Å²) < 4.78 is 4.01. The number of nitrogens with zero attached hydrogens (tertiary/aromatic N) is 5. The number of aromatic nitrogens is 6. The highest BCUT2D eigenvalue weighted by atomic mass is 15.4. The molecule has 3 aromatic heterocycles. The van der Waals surface area contributed by atoms with Crippen LogP contribution in [0.4, 0.5) is 0 Å². The monoisotopic (exact) mass is 390 g/mol. The zero-order valence-electron chi connectivity index (χ0n) is 16.1. The maximum Gasteiger partial charge on any atom is 0.140 e. The molecular formula is C24H18N6. The molecule has 0 radical (unpaired) electrons. The molecule has 0 saturated heterocycles. The molecule has 0 saturated carbocycles. The largest absolute Gasteiger partial charge is 0.341 e. The van der Waals surface area contributed by atoms with Crippen LogP contribution < -0.4 is 0 Å². The molecule has 0 atom stereocenters. The van der Waals surface area contributed by atoms with Gasteiger partial charge in [-0.2, -0.15) is 0 Å². The van der Waals surface area contributed by atoms with Crippen molar-refractivity contribution in [2.24, 2.45) is 0 Å². The Hall–Kier alpha value is -4.19. The summed E-state index contributed by atoms with van der Waals surface area (Å²) in [6.45, 7) is 0.633. The second kappa shape index (κ2) is 6.70. The number of aromatic amines is 1. The lowest BCUT2D eigenvalue weighted by molar-refractivity contribution is 0.774. The second-order valence-corrected chi connectivity index (χ2v) is 7.28. The summed E-state index contributed by atoms with van der Waals surface area (Å²) in [5.41, 5.74) is 6.12. The summed E-state index contributed by atoms with van der Waals surface area (Å²) in [4.78, 5) is 8.25. The Morgan fingerprint density at radius 2 is 1.60 bits per heavy atom. The molecule has 3 heterocycles. The first-order valence-electron chi connectivity index (χ1n) is 9.85. The predicted molar refractivity (Wildman–Crippen MR) is 117 cm³/mol. The van der Waals surface area contributed by atoms with Crippen LogP contribution in [-0.4, -0.2) is 29.5 Å². The molecule has 6 heteroatoms. The fourth-order valence-electron chi connectivity index (χ4n) is 3.90. The summed E-state index contributed by atoms with van der Waals surface area (Å²) in [5.74, 6) is 0.874. The molecule has 6 aromatic rings. The summed E-state index contributed by atoms with van der Waals surface area (Å²) in [5, 5.41) is 9.83. The number of fused-ring (bicyclic) bond motifs is 2. The Bertz CT molecular complexity index is 1440. The number of imidazole rings is 1. The third-order valence-electron chi connectivity index (χ3n) is 5.33. The maximum absolute atomic E-state index is 4.80. The Morgan fingerprint density at radius 1 is 0.800 bits per heavy atom. The minimum Gasteiger partial charge on any atom is -0.341 e. The highest BCUT2D eigenvalue weighted by Gasteiger charge is 2.14. The Labute approximate surface area is 172 Å². The van der Waals surface area contributed by atoms with Gasteiger partial charge in [0.05, 0.1) is 29.5 Å². The van der Waals surface area contributed by atoms with Crippen molar-refractivity contribution in [1.82, 2.24) is 29.5 Å². The molecule has 3 aromatic carbocycles. The highest BCUT2D eigenvalue weighted by molar-refractivity contribution is 5.96. The molecule has 6 rings (SSSR count). The van der Waals surface area contributed by atoms with Crippen LogP contribution in [0.15, 0.2) is 91.3 Å². The minimum absolute atomic E-state index is 0.633. The van der Waals surface area contributed by atoms with Gasteiger partial charge in [0.15, 0.2) is 0 Å². The van der Waals surface area contributed by atoms with Gasteiger partial charge in [-0.05, 0) is 30.3 Å². The van der Waals surface area contributed by atoms with Crippen molar-refractivity contribution >= 4 is 21.9 Å². The number of rotatable bonds is 4. The van der Waals surface area contributed by atoms with Crippen LogP contribution in [0, 0.1) is 0 Å². The van der Waals surface area contributed by atoms with E-state index >= 15 is 0 Å². The molecule has 0 aliphatic rings. The van der Waals surface area contributed by atoms with Crippen LogP contribution in [0.3, 0.4) is 0 Å². The van der Waals surface area contributed by atoms with Crippen molar-refractivity contribution < 1.29 is 0 Å². The van der Waals surface area contributed by atoms with E-state index in [9.17, 15) is 0 Å². The first kappa shape index (κ1) is 16.7. The van der Waals surface area contributed by atoms with Gasteiger partial charge >= 0.3 is 0 Å². The average molecular weight is 390 g/mol. The van der Waals surface area contributed by atoms with E-state index in [1.807, 2.05) is 60.8 Å². The molecule has 0 bridgehead atoms. The topological polar surface area (TPSA) is 64.3 Å².